The molecular formula is C30H32ClF3N6O3. The van der Waals surface area contributed by atoms with Crippen LogP contribution in [0.4, 0.5) is 13.2 Å². The maximum absolute atomic E-state index is 16.7. The molecule has 0 saturated carbocycles. The van der Waals surface area contributed by atoms with E-state index in [0.717, 1.165) is 23.1 Å². The third-order valence-electron chi connectivity index (χ3n) is 8.07. The Kier molecular flexibility index (Phi) is 6.88. The number of hydrogen-bond acceptors (Lipinski definition) is 6. The molecule has 2 unspecified atom stereocenters. The van der Waals surface area contributed by atoms with E-state index in [0.29, 0.717) is 37.0 Å². The van der Waals surface area contributed by atoms with E-state index in [2.05, 4.69) is 20.7 Å². The molecule has 9 nitrogen and oxygen atoms in total. The third-order valence-corrected chi connectivity index (χ3v) is 8.42. The molecule has 228 valence electrons. The highest BCUT2D eigenvalue weighted by atomic mass is 35.5. The van der Waals surface area contributed by atoms with Crippen LogP contribution >= 0.6 is 11.6 Å². The summed E-state index contributed by atoms with van der Waals surface area (Å²) in [7, 11) is 0. The number of halogens is 4. The Morgan fingerprint density at radius 3 is 2.81 bits per heavy atom. The summed E-state index contributed by atoms with van der Waals surface area (Å²) in [5, 5.41) is 9.59. The average molecular weight is 619 g/mol. The van der Waals surface area contributed by atoms with Crippen molar-refractivity contribution in [2.45, 2.75) is 89.3 Å². The number of fused-ring (bicyclic) bond motifs is 4. The van der Waals surface area contributed by atoms with Crippen LogP contribution in [0.1, 0.15) is 90.2 Å². The number of nitrogens with one attached hydrogen (secondary N) is 2. The van der Waals surface area contributed by atoms with Gasteiger partial charge in [-0.1, -0.05) is 11.6 Å². The summed E-state index contributed by atoms with van der Waals surface area (Å²) in [5.41, 5.74) is -0.560. The molecule has 3 aliphatic rings. The number of rotatable bonds is 5. The van der Waals surface area contributed by atoms with Crippen molar-refractivity contribution in [1.82, 2.24) is 30.0 Å². The molecule has 0 radical (unpaired) electrons. The Balaban J connectivity index is 1.36. The summed E-state index contributed by atoms with van der Waals surface area (Å²) in [6.45, 7) is 4.47. The van der Waals surface area contributed by atoms with E-state index in [-0.39, 0.29) is 40.1 Å². The molecule has 0 fully saturated rings. The molecule has 6 rings (SSSR count). The summed E-state index contributed by atoms with van der Waals surface area (Å²) in [6, 6.07) is 1.56. The van der Waals surface area contributed by atoms with Crippen LogP contribution in [0.25, 0.3) is 0 Å². The van der Waals surface area contributed by atoms with E-state index in [1.807, 2.05) is 0 Å². The topological polar surface area (TPSA) is 103 Å². The van der Waals surface area contributed by atoms with Crippen molar-refractivity contribution in [1.29, 1.82) is 0 Å². The van der Waals surface area contributed by atoms with Crippen LogP contribution < -0.4 is 20.9 Å². The zero-order chi connectivity index (χ0) is 32.4. The van der Waals surface area contributed by atoms with Crippen LogP contribution in [0.5, 0.6) is 5.75 Å². The van der Waals surface area contributed by atoms with Gasteiger partial charge in [-0.05, 0) is 75.7 Å². The van der Waals surface area contributed by atoms with Crippen molar-refractivity contribution >= 4 is 17.5 Å². The van der Waals surface area contributed by atoms with Gasteiger partial charge in [0.25, 0.3) is 5.56 Å². The summed E-state index contributed by atoms with van der Waals surface area (Å²) >= 11 is 6.58. The van der Waals surface area contributed by atoms with Gasteiger partial charge in [0.05, 0.1) is 29.7 Å². The first-order chi connectivity index (χ1) is 21.2. The van der Waals surface area contributed by atoms with E-state index < -0.39 is 53.6 Å². The molecule has 0 saturated heterocycles. The number of nitrogens with zero attached hydrogens (tertiary/aromatic N) is 4. The quantitative estimate of drug-likeness (QED) is 0.413. The summed E-state index contributed by atoms with van der Waals surface area (Å²) in [6.07, 6.45) is 0.0116. The second-order valence-electron chi connectivity index (χ2n) is 11.6. The lowest BCUT2D eigenvalue weighted by atomic mass is 9.90. The number of hydrogen-bond donors (Lipinski definition) is 2. The lowest BCUT2D eigenvalue weighted by Gasteiger charge is -2.38. The summed E-state index contributed by atoms with van der Waals surface area (Å²) in [5.74, 6) is -1.79. The molecule has 2 aliphatic heterocycles. The zero-order valence-electron chi connectivity index (χ0n) is 25.8. The minimum absolute atomic E-state index is 0.00122. The van der Waals surface area contributed by atoms with Crippen LogP contribution in [0.15, 0.2) is 41.1 Å². The molecule has 3 aromatic heterocycles. The smallest absolute Gasteiger partial charge is 0.274 e. The summed E-state index contributed by atoms with van der Waals surface area (Å²) in [4.78, 5) is 29.6. The molecule has 0 aromatic carbocycles. The molecule has 13 heteroatoms. The van der Waals surface area contributed by atoms with Gasteiger partial charge in [0.2, 0.25) is 5.91 Å². The molecule has 0 spiro atoms. The number of alkyl halides is 1. The van der Waals surface area contributed by atoms with Gasteiger partial charge in [0, 0.05) is 21.4 Å². The minimum atomic E-state index is -1.91. The van der Waals surface area contributed by atoms with E-state index >= 15 is 8.78 Å². The van der Waals surface area contributed by atoms with Gasteiger partial charge in [-0.15, -0.1) is 0 Å². The van der Waals surface area contributed by atoms with E-state index in [1.54, 1.807) is 26.1 Å². The summed E-state index contributed by atoms with van der Waals surface area (Å²) < 4.78 is 70.8. The first-order valence-electron chi connectivity index (χ1n) is 15.1. The van der Waals surface area contributed by atoms with Crippen molar-refractivity contribution in [3.8, 4) is 5.75 Å². The highest BCUT2D eigenvalue weighted by Crippen LogP contribution is 2.41. The number of aromatic nitrogens is 4. The third kappa shape index (κ3) is 5.30. The zero-order valence-corrected chi connectivity index (χ0v) is 24.5. The van der Waals surface area contributed by atoms with Gasteiger partial charge in [0.1, 0.15) is 28.4 Å². The van der Waals surface area contributed by atoms with Crippen LogP contribution in [0, 0.1) is 11.6 Å². The predicted octanol–water partition coefficient (Wildman–Crippen LogP) is 5.10. The number of ether oxygens (including phenoxy) is 1. The fraction of sp³-hybridized carbons (Fsp3) is 0.467. The second-order valence-corrected chi connectivity index (χ2v) is 12.0. The molecule has 1 amide bonds. The fourth-order valence-electron chi connectivity index (χ4n) is 6.17. The average Bonchev–Trinajstić information content (AvgIpc) is 3.45. The normalized spacial score (nSPS) is 25.0. The SMILES string of the molecule is [2H]C1([2H])CC(Oc2cc3n(c(=O)c2Cl)C2C(=CN[C@@H](n4cc(F)c(C(C)(C)NC(C)=O)n4)[C@H]2F)CCCC3)c2ncc(F)cc21. The van der Waals surface area contributed by atoms with E-state index in [9.17, 15) is 14.0 Å². The van der Waals surface area contributed by atoms with Gasteiger partial charge in [0.15, 0.2) is 18.2 Å². The van der Waals surface area contributed by atoms with Crippen molar-refractivity contribution in [2.75, 3.05) is 0 Å². The first-order valence-corrected chi connectivity index (χ1v) is 14.4. The number of carbonyl (C=O) groups is 1. The van der Waals surface area contributed by atoms with Crippen LogP contribution in [-0.2, 0) is 23.1 Å². The van der Waals surface area contributed by atoms with Gasteiger partial charge in [-0.3, -0.25) is 14.6 Å². The van der Waals surface area contributed by atoms with Crippen molar-refractivity contribution in [2.24, 2.45) is 0 Å². The molecule has 0 bridgehead atoms. The van der Waals surface area contributed by atoms with E-state index in [1.165, 1.54) is 11.5 Å². The largest absolute Gasteiger partial charge is 0.482 e. The Labute approximate surface area is 253 Å². The van der Waals surface area contributed by atoms with Gasteiger partial charge in [-0.25, -0.2) is 17.9 Å². The molecule has 43 heavy (non-hydrogen) atoms. The maximum Gasteiger partial charge on any atom is 0.274 e. The Bertz CT molecular complexity index is 1780. The van der Waals surface area contributed by atoms with Crippen LogP contribution in [0.3, 0.4) is 0 Å². The molecule has 2 N–H and O–H groups in total. The number of aryl methyl sites for hydroxylation is 2. The first kappa shape index (κ1) is 26.8. The highest BCUT2D eigenvalue weighted by molar-refractivity contribution is 6.31. The van der Waals surface area contributed by atoms with Gasteiger partial charge >= 0.3 is 0 Å². The monoisotopic (exact) mass is 618 g/mol. The van der Waals surface area contributed by atoms with Crippen molar-refractivity contribution in [3.63, 3.8) is 0 Å². The van der Waals surface area contributed by atoms with Crippen molar-refractivity contribution < 1.29 is 25.4 Å². The molecule has 3 aromatic rings. The van der Waals surface area contributed by atoms with Crippen LogP contribution in [0.2, 0.25) is 5.02 Å². The fourth-order valence-corrected chi connectivity index (χ4v) is 6.36. The number of pyridine rings is 2. The number of allylic oxidation sites excluding steroid dienone is 1. The predicted molar refractivity (Wildman–Crippen MR) is 152 cm³/mol. The lowest BCUT2D eigenvalue weighted by molar-refractivity contribution is -0.120. The number of amides is 1. The van der Waals surface area contributed by atoms with Gasteiger partial charge < -0.3 is 19.9 Å². The Hall–Kier alpha value is -3.80. The molecule has 5 heterocycles. The van der Waals surface area contributed by atoms with Crippen LogP contribution in [-0.4, -0.2) is 31.4 Å². The Morgan fingerprint density at radius 2 is 2.05 bits per heavy atom. The minimum Gasteiger partial charge on any atom is -0.482 e. The Morgan fingerprint density at radius 1 is 1.28 bits per heavy atom. The molecule has 4 atom stereocenters. The molecule has 1 aliphatic carbocycles. The molecular weight excluding hydrogens is 585 g/mol. The highest BCUT2D eigenvalue weighted by Gasteiger charge is 2.42. The van der Waals surface area contributed by atoms with Crippen molar-refractivity contribution in [3.05, 3.63) is 86.0 Å². The number of carbonyl (C=O) groups excluding carboxylic acids is 1. The lowest BCUT2D eigenvalue weighted by Crippen LogP contribution is -2.46. The standard InChI is InChI=1S/C30H32ClF3N6O3/c1-15(41)37-30(2,3)27-20(33)14-39(38-27)28-24(34)26-17(12-36-28)6-4-5-7-19-11-22(23(31)29(42)40(19)26)43-21-9-8-16-10-18(32)13-35-25(16)21/h10-14,21,24,26,28,36H,4-9H2,1-3H3,(H,37,41)/t21?,24-,26?,28-/m0/s1/i8D2. The van der Waals surface area contributed by atoms with E-state index in [4.69, 9.17) is 19.1 Å². The van der Waals surface area contributed by atoms with Gasteiger partial charge in [-0.2, -0.15) is 5.10 Å². The maximum atomic E-state index is 16.7. The second kappa shape index (κ2) is 11.0.